The van der Waals surface area contributed by atoms with Crippen molar-refractivity contribution in [3.8, 4) is 0 Å². The molecule has 0 aromatic rings. The van der Waals surface area contributed by atoms with E-state index in [9.17, 15) is 8.42 Å². The lowest BCUT2D eigenvalue weighted by molar-refractivity contribution is -0.0813. The van der Waals surface area contributed by atoms with Gasteiger partial charge in [-0.3, -0.25) is 4.18 Å². The molecule has 7 nitrogen and oxygen atoms in total. The van der Waals surface area contributed by atoms with Crippen molar-refractivity contribution in [1.29, 1.82) is 0 Å². The van der Waals surface area contributed by atoms with Crippen LogP contribution in [0, 0.1) is 0 Å². The van der Waals surface area contributed by atoms with Crippen molar-refractivity contribution < 1.29 is 32.3 Å². The molecule has 0 rings (SSSR count). The lowest BCUT2D eigenvalue weighted by Gasteiger charge is -2.15. The molecule has 1 unspecified atom stereocenters. The molecule has 0 bridgehead atoms. The highest BCUT2D eigenvalue weighted by Crippen LogP contribution is 2.06. The zero-order chi connectivity index (χ0) is 11.0. The predicted octanol–water partition coefficient (Wildman–Crippen LogP) is -1.74. The molecule has 0 saturated carbocycles. The first-order chi connectivity index (χ1) is 6.58. The molecule has 86 valence electrons. The van der Waals surface area contributed by atoms with Crippen LogP contribution in [0.3, 0.4) is 0 Å². The van der Waals surface area contributed by atoms with Gasteiger partial charge in [0.05, 0.1) is 26.4 Å². The molecule has 0 aliphatic carbocycles. The summed E-state index contributed by atoms with van der Waals surface area (Å²) in [7, 11) is -2.90. The van der Waals surface area contributed by atoms with Crippen LogP contribution in [0.1, 0.15) is 0 Å². The van der Waals surface area contributed by atoms with Crippen LogP contribution in [-0.2, 0) is 23.8 Å². The van der Waals surface area contributed by atoms with Gasteiger partial charge < -0.3 is 19.7 Å². The second-order valence-electron chi connectivity index (χ2n) is 2.16. The van der Waals surface area contributed by atoms with Crippen molar-refractivity contribution in [1.82, 2.24) is 0 Å². The van der Waals surface area contributed by atoms with Crippen LogP contribution in [0.4, 0.5) is 0 Å². The SMILES string of the molecule is COC(OCCO)S(=O)(=O)OCCO. The van der Waals surface area contributed by atoms with Crippen molar-refractivity contribution in [2.24, 2.45) is 0 Å². The monoisotopic (exact) mass is 230 g/mol. The second kappa shape index (κ2) is 7.10. The molecule has 0 aliphatic heterocycles. The molecule has 0 radical (unpaired) electrons. The van der Waals surface area contributed by atoms with Crippen LogP contribution in [0.15, 0.2) is 0 Å². The van der Waals surface area contributed by atoms with E-state index in [1.54, 1.807) is 0 Å². The van der Waals surface area contributed by atoms with Crippen LogP contribution in [-0.4, -0.2) is 57.8 Å². The molecule has 8 heteroatoms. The molecule has 0 aliphatic rings. The summed E-state index contributed by atoms with van der Waals surface area (Å²) in [6.07, 6.45) is 0. The van der Waals surface area contributed by atoms with Crippen LogP contribution in [0.5, 0.6) is 0 Å². The van der Waals surface area contributed by atoms with Gasteiger partial charge in [-0.15, -0.1) is 0 Å². The summed E-state index contributed by atoms with van der Waals surface area (Å²) in [6, 6.07) is 0. The van der Waals surface area contributed by atoms with Crippen LogP contribution >= 0.6 is 0 Å². The number of ether oxygens (including phenoxy) is 2. The van der Waals surface area contributed by atoms with Gasteiger partial charge in [0.25, 0.3) is 5.62 Å². The van der Waals surface area contributed by atoms with E-state index in [1.165, 1.54) is 0 Å². The Labute approximate surface area is 82.3 Å². The Hall–Kier alpha value is -0.250. The van der Waals surface area contributed by atoms with Gasteiger partial charge in [-0.25, -0.2) is 0 Å². The lowest BCUT2D eigenvalue weighted by Crippen LogP contribution is -2.30. The molecular formula is C6H14O7S. The van der Waals surface area contributed by atoms with Gasteiger partial charge in [-0.2, -0.15) is 8.42 Å². The average molecular weight is 230 g/mol. The highest BCUT2D eigenvalue weighted by molar-refractivity contribution is 7.87. The summed E-state index contributed by atoms with van der Waals surface area (Å²) in [5.41, 5.74) is -1.58. The Kier molecular flexibility index (Phi) is 6.97. The Morgan fingerprint density at radius 3 is 2.21 bits per heavy atom. The molecule has 14 heavy (non-hydrogen) atoms. The van der Waals surface area contributed by atoms with Gasteiger partial charge >= 0.3 is 10.1 Å². The largest absolute Gasteiger partial charge is 0.394 e. The number of aliphatic hydroxyl groups excluding tert-OH is 2. The molecule has 2 N–H and O–H groups in total. The highest BCUT2D eigenvalue weighted by atomic mass is 32.2. The zero-order valence-electron chi connectivity index (χ0n) is 7.75. The normalized spacial score (nSPS) is 14.2. The van der Waals surface area contributed by atoms with E-state index in [0.717, 1.165) is 7.11 Å². The minimum atomic E-state index is -4.02. The first-order valence-electron chi connectivity index (χ1n) is 3.83. The first kappa shape index (κ1) is 13.8. The van der Waals surface area contributed by atoms with Crippen molar-refractivity contribution in [2.45, 2.75) is 5.62 Å². The molecular weight excluding hydrogens is 216 g/mol. The summed E-state index contributed by atoms with van der Waals surface area (Å²) >= 11 is 0. The maximum Gasteiger partial charge on any atom is 0.321 e. The number of hydrogen-bond acceptors (Lipinski definition) is 7. The van der Waals surface area contributed by atoms with Gasteiger partial charge in [0.15, 0.2) is 0 Å². The highest BCUT2D eigenvalue weighted by Gasteiger charge is 2.26. The number of aliphatic hydroxyl groups is 2. The molecule has 0 saturated heterocycles. The topological polar surface area (TPSA) is 102 Å². The van der Waals surface area contributed by atoms with E-state index in [0.29, 0.717) is 0 Å². The van der Waals surface area contributed by atoms with Gasteiger partial charge in [0, 0.05) is 7.11 Å². The number of methoxy groups -OCH3 is 1. The molecule has 1 atom stereocenters. The zero-order valence-corrected chi connectivity index (χ0v) is 8.57. The third-order valence-corrected chi connectivity index (χ3v) is 2.41. The van der Waals surface area contributed by atoms with Gasteiger partial charge in [0.2, 0.25) is 0 Å². The van der Waals surface area contributed by atoms with Crippen molar-refractivity contribution in [2.75, 3.05) is 33.5 Å². The molecule has 0 amide bonds. The summed E-state index contributed by atoms with van der Waals surface area (Å²) in [6.45, 7) is -1.28. The van der Waals surface area contributed by atoms with E-state index < -0.39 is 22.3 Å². The van der Waals surface area contributed by atoms with E-state index in [4.69, 9.17) is 10.2 Å². The molecule has 0 aromatic heterocycles. The van der Waals surface area contributed by atoms with Crippen molar-refractivity contribution in [3.63, 3.8) is 0 Å². The molecule has 0 aromatic carbocycles. The minimum Gasteiger partial charge on any atom is -0.394 e. The number of hydrogen-bond donors (Lipinski definition) is 2. The molecule has 0 spiro atoms. The third kappa shape index (κ3) is 4.84. The summed E-state index contributed by atoms with van der Waals surface area (Å²) in [5.74, 6) is 0. The molecule has 0 heterocycles. The molecule has 0 fully saturated rings. The van der Waals surface area contributed by atoms with Crippen LogP contribution in [0.25, 0.3) is 0 Å². The van der Waals surface area contributed by atoms with Gasteiger partial charge in [0.1, 0.15) is 0 Å². The van der Waals surface area contributed by atoms with Gasteiger partial charge in [-0.1, -0.05) is 0 Å². The van der Waals surface area contributed by atoms with Crippen molar-refractivity contribution in [3.05, 3.63) is 0 Å². The smallest absolute Gasteiger partial charge is 0.321 e. The number of rotatable bonds is 8. The maximum absolute atomic E-state index is 11.2. The lowest BCUT2D eigenvalue weighted by atomic mass is 10.8. The van der Waals surface area contributed by atoms with E-state index in [2.05, 4.69) is 13.7 Å². The Morgan fingerprint density at radius 1 is 1.21 bits per heavy atom. The second-order valence-corrected chi connectivity index (χ2v) is 3.76. The Morgan fingerprint density at radius 2 is 1.79 bits per heavy atom. The summed E-state index contributed by atoms with van der Waals surface area (Å²) in [4.78, 5) is 0. The minimum absolute atomic E-state index is 0.180. The van der Waals surface area contributed by atoms with Crippen LogP contribution in [0.2, 0.25) is 0 Å². The van der Waals surface area contributed by atoms with E-state index in [-0.39, 0.29) is 19.8 Å². The van der Waals surface area contributed by atoms with E-state index in [1.807, 2.05) is 0 Å². The fourth-order valence-electron chi connectivity index (χ4n) is 0.627. The average Bonchev–Trinajstić information content (AvgIpc) is 2.16. The Bertz CT molecular complexity index is 224. The third-order valence-electron chi connectivity index (χ3n) is 1.11. The van der Waals surface area contributed by atoms with Gasteiger partial charge in [-0.05, 0) is 0 Å². The van der Waals surface area contributed by atoms with E-state index >= 15 is 0 Å². The maximum atomic E-state index is 11.2. The summed E-state index contributed by atoms with van der Waals surface area (Å²) < 4.78 is 35.8. The quantitative estimate of drug-likeness (QED) is 0.377. The first-order valence-corrected chi connectivity index (χ1v) is 5.30. The Balaban J connectivity index is 4.19. The fourth-order valence-corrected chi connectivity index (χ4v) is 1.54. The predicted molar refractivity (Wildman–Crippen MR) is 45.8 cm³/mol. The van der Waals surface area contributed by atoms with Crippen LogP contribution < -0.4 is 0 Å². The van der Waals surface area contributed by atoms with Crippen molar-refractivity contribution >= 4 is 10.1 Å². The summed E-state index contributed by atoms with van der Waals surface area (Å²) in [5, 5.41) is 16.7. The standard InChI is InChI=1S/C6H14O7S/c1-11-6(12-4-2-7)14(9,10)13-5-3-8/h6-8H,2-5H2,1H3. The fraction of sp³-hybridized carbons (Fsp3) is 1.00.